The Morgan fingerprint density at radius 1 is 0.975 bits per heavy atom. The summed E-state index contributed by atoms with van der Waals surface area (Å²) in [4.78, 5) is 26.1. The van der Waals surface area contributed by atoms with Crippen LogP contribution in [-0.4, -0.2) is 23.7 Å². The number of esters is 1. The predicted molar refractivity (Wildman–Crippen MR) is 153 cm³/mol. The molecule has 0 spiro atoms. The highest BCUT2D eigenvalue weighted by Crippen LogP contribution is 2.46. The van der Waals surface area contributed by atoms with Crippen LogP contribution < -0.4 is 5.32 Å². The molecule has 0 saturated heterocycles. The van der Waals surface area contributed by atoms with E-state index in [0.717, 1.165) is 25.3 Å². The molecule has 3 atom stereocenters. The number of hydrogen-bond donors (Lipinski definition) is 1. The van der Waals surface area contributed by atoms with Crippen molar-refractivity contribution in [3.63, 3.8) is 0 Å². The van der Waals surface area contributed by atoms with Crippen LogP contribution in [0.15, 0.2) is 54.6 Å². The Balaban J connectivity index is 1.65. The standard InChI is InChI=1S/C31H32Cl2F3NO3/c1-17(31(34,35)36)28(21-10-12-22-19(14-21)6-5-7-24(22)32)29(39)37-26-15-20(11-13-25(26)33)23(18-8-9-18)16-27(38)40-30(2,3)4/h5-7,10-15,17-18,23,28H,8-9,16H2,1-4H3,(H,37,39)/t17-,23+,28?/m1/s1. The third-order valence-corrected chi connectivity index (χ3v) is 7.84. The third kappa shape index (κ3) is 7.29. The fourth-order valence-electron chi connectivity index (χ4n) is 5.01. The highest BCUT2D eigenvalue weighted by molar-refractivity contribution is 6.35. The number of benzene rings is 3. The number of carbonyl (C=O) groups is 2. The van der Waals surface area contributed by atoms with E-state index in [2.05, 4.69) is 5.32 Å². The molecule has 0 heterocycles. The third-order valence-electron chi connectivity index (χ3n) is 7.18. The van der Waals surface area contributed by atoms with Crippen molar-refractivity contribution in [2.45, 2.75) is 70.6 Å². The molecular weight excluding hydrogens is 562 g/mol. The van der Waals surface area contributed by atoms with E-state index in [0.29, 0.717) is 15.8 Å². The second-order valence-electron chi connectivity index (χ2n) is 11.5. The minimum absolute atomic E-state index is 0.155. The first kappa shape index (κ1) is 30.2. The van der Waals surface area contributed by atoms with Crippen molar-refractivity contribution in [2.75, 3.05) is 5.32 Å². The second kappa shape index (κ2) is 11.6. The number of fused-ring (bicyclic) bond motifs is 1. The molecule has 0 radical (unpaired) electrons. The first-order valence-electron chi connectivity index (χ1n) is 13.2. The molecule has 3 aromatic rings. The summed E-state index contributed by atoms with van der Waals surface area (Å²) in [5.41, 5.74) is 0.559. The van der Waals surface area contributed by atoms with Gasteiger partial charge in [0.15, 0.2) is 0 Å². The van der Waals surface area contributed by atoms with Gasteiger partial charge in [0, 0.05) is 10.4 Å². The van der Waals surface area contributed by atoms with E-state index in [4.69, 9.17) is 27.9 Å². The van der Waals surface area contributed by atoms with Crippen LogP contribution in [0.2, 0.25) is 10.0 Å². The van der Waals surface area contributed by atoms with Gasteiger partial charge in [-0.3, -0.25) is 9.59 Å². The lowest BCUT2D eigenvalue weighted by atomic mass is 9.84. The van der Waals surface area contributed by atoms with Gasteiger partial charge in [0.1, 0.15) is 5.60 Å². The van der Waals surface area contributed by atoms with Gasteiger partial charge in [-0.25, -0.2) is 0 Å². The van der Waals surface area contributed by atoms with E-state index in [1.165, 1.54) is 6.07 Å². The van der Waals surface area contributed by atoms with Gasteiger partial charge >= 0.3 is 12.1 Å². The zero-order valence-electron chi connectivity index (χ0n) is 22.7. The lowest BCUT2D eigenvalue weighted by Gasteiger charge is -2.27. The lowest BCUT2D eigenvalue weighted by Crippen LogP contribution is -2.34. The number of hydrogen-bond acceptors (Lipinski definition) is 3. The number of ether oxygens (including phenoxy) is 1. The zero-order valence-corrected chi connectivity index (χ0v) is 24.3. The molecule has 1 saturated carbocycles. The first-order chi connectivity index (χ1) is 18.6. The van der Waals surface area contributed by atoms with Gasteiger partial charge in [-0.15, -0.1) is 0 Å². The molecule has 9 heteroatoms. The van der Waals surface area contributed by atoms with Crippen molar-refractivity contribution in [1.82, 2.24) is 0 Å². The lowest BCUT2D eigenvalue weighted by molar-refractivity contribution is -0.178. The van der Waals surface area contributed by atoms with Gasteiger partial charge in [-0.2, -0.15) is 13.2 Å². The average molecular weight is 595 g/mol. The Hall–Kier alpha value is -2.77. The number of rotatable bonds is 8. The summed E-state index contributed by atoms with van der Waals surface area (Å²) in [5, 5.41) is 4.62. The van der Waals surface area contributed by atoms with E-state index in [1.807, 2.05) is 0 Å². The number of anilines is 1. The number of amides is 1. The molecule has 1 aliphatic rings. The van der Waals surface area contributed by atoms with Crippen molar-refractivity contribution in [2.24, 2.45) is 11.8 Å². The van der Waals surface area contributed by atoms with E-state index in [1.54, 1.807) is 69.3 Å². The fraction of sp³-hybridized carbons (Fsp3) is 0.419. The molecule has 214 valence electrons. The number of alkyl halides is 3. The van der Waals surface area contributed by atoms with Crippen molar-refractivity contribution in [1.29, 1.82) is 0 Å². The Kier molecular flexibility index (Phi) is 8.77. The minimum atomic E-state index is -4.62. The second-order valence-corrected chi connectivity index (χ2v) is 12.3. The molecule has 1 fully saturated rings. The fourth-order valence-corrected chi connectivity index (χ4v) is 5.42. The van der Waals surface area contributed by atoms with E-state index >= 15 is 0 Å². The molecule has 40 heavy (non-hydrogen) atoms. The number of carbonyl (C=O) groups excluding carboxylic acids is 2. The molecule has 3 aromatic carbocycles. The summed E-state index contributed by atoms with van der Waals surface area (Å²) in [6.45, 7) is 6.40. The van der Waals surface area contributed by atoms with Crippen LogP contribution in [0.4, 0.5) is 18.9 Å². The van der Waals surface area contributed by atoms with Crippen molar-refractivity contribution in [3.05, 3.63) is 75.8 Å². The molecule has 1 unspecified atom stereocenters. The number of nitrogens with one attached hydrogen (secondary N) is 1. The topological polar surface area (TPSA) is 55.4 Å². The smallest absolute Gasteiger partial charge is 0.392 e. The van der Waals surface area contributed by atoms with E-state index in [9.17, 15) is 22.8 Å². The van der Waals surface area contributed by atoms with E-state index in [-0.39, 0.29) is 40.5 Å². The van der Waals surface area contributed by atoms with Gasteiger partial charge in [-0.05, 0) is 80.2 Å². The van der Waals surface area contributed by atoms with E-state index < -0.39 is 29.5 Å². The maximum absolute atomic E-state index is 14.0. The van der Waals surface area contributed by atoms with Crippen molar-refractivity contribution < 1.29 is 27.5 Å². The Morgan fingerprint density at radius 3 is 2.27 bits per heavy atom. The maximum atomic E-state index is 14.0. The van der Waals surface area contributed by atoms with Crippen LogP contribution in [0.3, 0.4) is 0 Å². The molecule has 4 nitrogen and oxygen atoms in total. The summed E-state index contributed by atoms with van der Waals surface area (Å²) in [5.74, 6) is -4.56. The van der Waals surface area contributed by atoms with Gasteiger partial charge in [-0.1, -0.05) is 66.5 Å². The van der Waals surface area contributed by atoms with Gasteiger partial charge < -0.3 is 10.1 Å². The normalized spacial score (nSPS) is 16.3. The Labute approximate surface area is 242 Å². The van der Waals surface area contributed by atoms with Crippen LogP contribution in [0.5, 0.6) is 0 Å². The molecule has 0 aromatic heterocycles. The monoisotopic (exact) mass is 593 g/mol. The summed E-state index contributed by atoms with van der Waals surface area (Å²) in [6, 6.07) is 14.9. The van der Waals surface area contributed by atoms with Crippen LogP contribution in [0, 0.1) is 11.8 Å². The first-order valence-corrected chi connectivity index (χ1v) is 14.0. The van der Waals surface area contributed by atoms with Gasteiger partial charge in [0.05, 0.1) is 29.0 Å². The van der Waals surface area contributed by atoms with Gasteiger partial charge in [0.25, 0.3) is 0 Å². The summed E-state index contributed by atoms with van der Waals surface area (Å²) >= 11 is 12.6. The largest absolute Gasteiger partial charge is 0.460 e. The molecular formula is C31H32Cl2F3NO3. The quantitative estimate of drug-likeness (QED) is 0.265. The van der Waals surface area contributed by atoms with Crippen molar-refractivity contribution >= 4 is 51.5 Å². The predicted octanol–water partition coefficient (Wildman–Crippen LogP) is 9.29. The van der Waals surface area contributed by atoms with Crippen LogP contribution in [0.1, 0.15) is 69.9 Å². The molecule has 4 rings (SSSR count). The highest BCUT2D eigenvalue weighted by atomic mass is 35.5. The van der Waals surface area contributed by atoms with Crippen LogP contribution >= 0.6 is 23.2 Å². The molecule has 0 aliphatic heterocycles. The maximum Gasteiger partial charge on any atom is 0.392 e. The van der Waals surface area contributed by atoms with Crippen LogP contribution in [0.25, 0.3) is 10.8 Å². The summed E-state index contributed by atoms with van der Waals surface area (Å²) in [7, 11) is 0. The van der Waals surface area contributed by atoms with Gasteiger partial charge in [0.2, 0.25) is 5.91 Å². The summed E-state index contributed by atoms with van der Waals surface area (Å²) in [6.07, 6.45) is -2.56. The molecule has 0 bridgehead atoms. The molecule has 1 aliphatic carbocycles. The Bertz CT molecular complexity index is 1410. The number of halogens is 5. The average Bonchev–Trinajstić information content (AvgIpc) is 3.68. The zero-order chi connectivity index (χ0) is 29.4. The summed E-state index contributed by atoms with van der Waals surface area (Å²) < 4.78 is 47.4. The SMILES string of the molecule is C[C@H](C(C(=O)Nc1cc([C@@H](CC(=O)OC(C)(C)C)C2CC2)ccc1Cl)c1ccc2c(Cl)cccc2c1)C(F)(F)F. The molecule has 1 N–H and O–H groups in total. The van der Waals surface area contributed by atoms with Crippen LogP contribution in [-0.2, 0) is 14.3 Å². The highest BCUT2D eigenvalue weighted by Gasteiger charge is 2.45. The van der Waals surface area contributed by atoms with Crippen molar-refractivity contribution in [3.8, 4) is 0 Å². The molecule has 1 amide bonds. The Morgan fingerprint density at radius 2 is 1.65 bits per heavy atom. The minimum Gasteiger partial charge on any atom is -0.460 e.